The molecule has 2 rings (SSSR count). The number of ether oxygens (including phenoxy) is 1. The highest BCUT2D eigenvalue weighted by Gasteiger charge is 2.28. The van der Waals surface area contributed by atoms with Crippen molar-refractivity contribution in [3.63, 3.8) is 0 Å². The van der Waals surface area contributed by atoms with Crippen molar-refractivity contribution in [3.05, 3.63) is 15.9 Å². The zero-order chi connectivity index (χ0) is 12.5. The van der Waals surface area contributed by atoms with Gasteiger partial charge in [-0.25, -0.2) is 8.42 Å². The van der Waals surface area contributed by atoms with Gasteiger partial charge >= 0.3 is 0 Å². The Labute approximate surface area is 114 Å². The highest BCUT2D eigenvalue weighted by atomic mass is 79.9. The lowest BCUT2D eigenvalue weighted by Crippen LogP contribution is -2.31. The Kier molecular flexibility index (Phi) is 4.25. The van der Waals surface area contributed by atoms with E-state index in [1.807, 2.05) is 0 Å². The van der Waals surface area contributed by atoms with E-state index in [9.17, 15) is 8.42 Å². The lowest BCUT2D eigenvalue weighted by Gasteiger charge is -2.19. The van der Waals surface area contributed by atoms with E-state index in [0.717, 1.165) is 13.0 Å². The molecule has 1 aromatic rings. The molecule has 1 saturated heterocycles. The summed E-state index contributed by atoms with van der Waals surface area (Å²) in [5, 5.41) is 1.77. The molecule has 2 heterocycles. The van der Waals surface area contributed by atoms with Gasteiger partial charge < -0.3 is 4.74 Å². The van der Waals surface area contributed by atoms with Crippen LogP contribution >= 0.6 is 27.3 Å². The molecule has 96 valence electrons. The van der Waals surface area contributed by atoms with Crippen LogP contribution in [0.1, 0.15) is 6.42 Å². The summed E-state index contributed by atoms with van der Waals surface area (Å²) in [6, 6.07) is 1.75. The van der Waals surface area contributed by atoms with Crippen molar-refractivity contribution >= 4 is 37.3 Å². The average Bonchev–Trinajstić information content (AvgIpc) is 2.89. The Hall–Kier alpha value is 0.0500. The van der Waals surface area contributed by atoms with Crippen molar-refractivity contribution in [2.75, 3.05) is 26.8 Å². The standard InChI is InChI=1S/C10H14BrNO3S2/c1-12(6-8-2-4-15-7-8)17(13,14)10-9(11)3-5-16-10/h3,5,8H,2,4,6-7H2,1H3. The number of hydrogen-bond acceptors (Lipinski definition) is 4. The van der Waals surface area contributed by atoms with Crippen LogP contribution in [0.4, 0.5) is 0 Å². The molecule has 0 saturated carbocycles. The van der Waals surface area contributed by atoms with E-state index in [-0.39, 0.29) is 0 Å². The first kappa shape index (κ1) is 13.5. The number of sulfonamides is 1. The summed E-state index contributed by atoms with van der Waals surface area (Å²) in [7, 11) is -1.74. The maximum atomic E-state index is 12.3. The van der Waals surface area contributed by atoms with Gasteiger partial charge in [0.1, 0.15) is 4.21 Å². The molecule has 17 heavy (non-hydrogen) atoms. The van der Waals surface area contributed by atoms with E-state index < -0.39 is 10.0 Å². The molecule has 1 aromatic heterocycles. The van der Waals surface area contributed by atoms with Crippen molar-refractivity contribution in [2.24, 2.45) is 5.92 Å². The summed E-state index contributed by atoms with van der Waals surface area (Å²) in [5.41, 5.74) is 0. The quantitative estimate of drug-likeness (QED) is 0.844. The van der Waals surface area contributed by atoms with Crippen LogP contribution in [0, 0.1) is 5.92 Å². The van der Waals surface area contributed by atoms with Crippen molar-refractivity contribution in [1.82, 2.24) is 4.31 Å². The predicted molar refractivity (Wildman–Crippen MR) is 70.8 cm³/mol. The van der Waals surface area contributed by atoms with Gasteiger partial charge in [0.2, 0.25) is 0 Å². The fourth-order valence-corrected chi connectivity index (χ4v) is 5.54. The molecule has 0 aliphatic carbocycles. The molecule has 0 N–H and O–H groups in total. The van der Waals surface area contributed by atoms with Crippen LogP contribution in [-0.4, -0.2) is 39.5 Å². The van der Waals surface area contributed by atoms with Crippen LogP contribution in [0.2, 0.25) is 0 Å². The number of halogens is 1. The van der Waals surface area contributed by atoms with Gasteiger partial charge in [-0.1, -0.05) is 0 Å². The molecule has 0 spiro atoms. The fraction of sp³-hybridized carbons (Fsp3) is 0.600. The first-order valence-corrected chi connectivity index (χ1v) is 8.40. The summed E-state index contributed by atoms with van der Waals surface area (Å²) in [6.07, 6.45) is 0.936. The Morgan fingerprint density at radius 2 is 2.41 bits per heavy atom. The van der Waals surface area contributed by atoms with Crippen LogP contribution < -0.4 is 0 Å². The van der Waals surface area contributed by atoms with Crippen molar-refractivity contribution in [1.29, 1.82) is 0 Å². The summed E-state index contributed by atoms with van der Waals surface area (Å²) in [4.78, 5) is 0. The molecule has 0 aromatic carbocycles. The van der Waals surface area contributed by atoms with E-state index in [2.05, 4.69) is 15.9 Å². The van der Waals surface area contributed by atoms with Gasteiger partial charge in [0.05, 0.1) is 6.61 Å². The van der Waals surface area contributed by atoms with E-state index in [1.54, 1.807) is 18.5 Å². The van der Waals surface area contributed by atoms with E-state index in [1.165, 1.54) is 15.6 Å². The molecule has 4 nitrogen and oxygen atoms in total. The molecular formula is C10H14BrNO3S2. The molecule has 1 fully saturated rings. The maximum absolute atomic E-state index is 12.3. The first-order chi connectivity index (χ1) is 8.01. The summed E-state index contributed by atoms with van der Waals surface area (Å²) >= 11 is 4.50. The second-order valence-corrected chi connectivity index (χ2v) is 8.08. The van der Waals surface area contributed by atoms with Gasteiger partial charge in [0, 0.05) is 24.7 Å². The minimum atomic E-state index is -3.36. The Morgan fingerprint density at radius 3 is 2.94 bits per heavy atom. The van der Waals surface area contributed by atoms with Gasteiger partial charge in [0.15, 0.2) is 0 Å². The molecule has 1 aliphatic rings. The topological polar surface area (TPSA) is 46.6 Å². The number of rotatable bonds is 4. The molecule has 0 amide bonds. The second-order valence-electron chi connectivity index (χ2n) is 4.07. The normalized spacial score (nSPS) is 21.2. The molecular weight excluding hydrogens is 326 g/mol. The zero-order valence-corrected chi connectivity index (χ0v) is 12.6. The third kappa shape index (κ3) is 2.90. The van der Waals surface area contributed by atoms with Gasteiger partial charge in [-0.05, 0) is 39.7 Å². The van der Waals surface area contributed by atoms with Crippen LogP contribution in [0.5, 0.6) is 0 Å². The van der Waals surface area contributed by atoms with Gasteiger partial charge in [0.25, 0.3) is 10.0 Å². The Balaban J connectivity index is 2.12. The molecule has 0 bridgehead atoms. The lowest BCUT2D eigenvalue weighted by molar-refractivity contribution is 0.182. The van der Waals surface area contributed by atoms with E-state index in [4.69, 9.17) is 4.74 Å². The van der Waals surface area contributed by atoms with Crippen LogP contribution in [0.3, 0.4) is 0 Å². The number of thiophene rings is 1. The summed E-state index contributed by atoms with van der Waals surface area (Å²) in [6.45, 7) is 1.92. The first-order valence-electron chi connectivity index (χ1n) is 5.29. The largest absolute Gasteiger partial charge is 0.381 e. The molecule has 0 radical (unpaired) electrons. The fourth-order valence-electron chi connectivity index (χ4n) is 1.79. The van der Waals surface area contributed by atoms with Crippen molar-refractivity contribution < 1.29 is 13.2 Å². The minimum Gasteiger partial charge on any atom is -0.381 e. The number of hydrogen-bond donors (Lipinski definition) is 0. The molecule has 7 heteroatoms. The number of nitrogens with zero attached hydrogens (tertiary/aromatic N) is 1. The summed E-state index contributed by atoms with van der Waals surface area (Å²) < 4.78 is 32.2. The van der Waals surface area contributed by atoms with Crippen LogP contribution in [0.15, 0.2) is 20.1 Å². The zero-order valence-electron chi connectivity index (χ0n) is 9.43. The highest BCUT2D eigenvalue weighted by molar-refractivity contribution is 9.10. The maximum Gasteiger partial charge on any atom is 0.253 e. The lowest BCUT2D eigenvalue weighted by atomic mass is 10.1. The van der Waals surface area contributed by atoms with E-state index in [0.29, 0.717) is 27.8 Å². The average molecular weight is 340 g/mol. The molecule has 1 unspecified atom stereocenters. The Bertz CT molecular complexity index is 479. The predicted octanol–water partition coefficient (Wildman–Crippen LogP) is 2.17. The molecule has 1 atom stereocenters. The highest BCUT2D eigenvalue weighted by Crippen LogP contribution is 2.30. The van der Waals surface area contributed by atoms with Gasteiger partial charge in [-0.3, -0.25) is 0 Å². The third-order valence-electron chi connectivity index (χ3n) is 2.77. The van der Waals surface area contributed by atoms with Crippen LogP contribution in [0.25, 0.3) is 0 Å². The molecule has 1 aliphatic heterocycles. The van der Waals surface area contributed by atoms with Crippen molar-refractivity contribution in [3.8, 4) is 0 Å². The third-order valence-corrected chi connectivity index (χ3v) is 7.24. The second kappa shape index (κ2) is 5.36. The van der Waals surface area contributed by atoms with Crippen molar-refractivity contribution in [2.45, 2.75) is 10.6 Å². The monoisotopic (exact) mass is 339 g/mol. The van der Waals surface area contributed by atoms with Gasteiger partial charge in [-0.15, -0.1) is 11.3 Å². The SMILES string of the molecule is CN(CC1CCOC1)S(=O)(=O)c1sccc1Br. The van der Waals surface area contributed by atoms with Gasteiger partial charge in [-0.2, -0.15) is 4.31 Å². The van der Waals surface area contributed by atoms with E-state index >= 15 is 0 Å². The summed E-state index contributed by atoms with van der Waals surface area (Å²) in [5.74, 6) is 0.313. The van der Waals surface area contributed by atoms with Crippen LogP contribution in [-0.2, 0) is 14.8 Å². The smallest absolute Gasteiger partial charge is 0.253 e. The Morgan fingerprint density at radius 1 is 1.65 bits per heavy atom. The minimum absolute atomic E-state index is 0.313.